The number of rotatable bonds is 1. The molecule has 4 heteroatoms. The van der Waals surface area contributed by atoms with Gasteiger partial charge < -0.3 is 29.4 Å². The zero-order valence-corrected chi connectivity index (χ0v) is 17.7. The average molecular weight is 436 g/mol. The Morgan fingerprint density at radius 2 is 1.54 bits per heavy atom. The maximum atomic E-state index is 2.24. The first-order valence-electron chi connectivity index (χ1n) is 7.22. The molecule has 0 radical (unpaired) electrons. The van der Waals surface area contributed by atoms with Gasteiger partial charge in [0.2, 0.25) is 0 Å². The van der Waals surface area contributed by atoms with Crippen molar-refractivity contribution in [3.8, 4) is 5.69 Å². The molecule has 0 N–H and O–H groups in total. The van der Waals surface area contributed by atoms with Gasteiger partial charge in [0.05, 0.1) is 0 Å². The minimum Gasteiger partial charge on any atom is -1.00 e. The first kappa shape index (κ1) is 22.9. The molecule has 1 aromatic heterocycles. The second kappa shape index (κ2) is 10.7. The van der Waals surface area contributed by atoms with Crippen molar-refractivity contribution in [1.82, 2.24) is 4.57 Å². The molecule has 24 heavy (non-hydrogen) atoms. The number of nitrogens with zero attached hydrogens (tertiary/aromatic N) is 1. The average Bonchev–Trinajstić information content (AvgIpc) is 3.18. The van der Waals surface area contributed by atoms with Crippen LogP contribution in [-0.4, -0.2) is 4.57 Å². The van der Waals surface area contributed by atoms with E-state index in [2.05, 4.69) is 85.4 Å². The minimum atomic E-state index is 0. The number of hydrogen-bond donors (Lipinski definition) is 0. The quantitative estimate of drug-likeness (QED) is 0.351. The molecule has 0 atom stereocenters. The van der Waals surface area contributed by atoms with Crippen LogP contribution < -0.4 is 24.8 Å². The smallest absolute Gasteiger partial charge is 1.00 e. The molecule has 0 saturated heterocycles. The largest absolute Gasteiger partial charge is 4.00 e. The van der Waals surface area contributed by atoms with Crippen molar-refractivity contribution < 1.29 is 51.0 Å². The van der Waals surface area contributed by atoms with Crippen molar-refractivity contribution in [1.29, 1.82) is 0 Å². The second-order valence-corrected chi connectivity index (χ2v) is 5.37. The van der Waals surface area contributed by atoms with Crippen molar-refractivity contribution in [2.45, 2.75) is 13.8 Å². The topological polar surface area (TPSA) is 4.93 Å². The molecule has 4 aromatic rings. The summed E-state index contributed by atoms with van der Waals surface area (Å²) in [6.45, 7) is 4.22. The monoisotopic (exact) mass is 433 g/mol. The molecule has 0 aliphatic heterocycles. The maximum Gasteiger partial charge on any atom is 4.00 e. The third-order valence-corrected chi connectivity index (χ3v) is 3.58. The fraction of sp³-hybridized carbons (Fsp3) is 0.100. The molecule has 0 amide bonds. The second-order valence-electron chi connectivity index (χ2n) is 5.37. The van der Waals surface area contributed by atoms with Crippen LogP contribution in [0.15, 0.2) is 79.1 Å². The zero-order valence-electron chi connectivity index (χ0n) is 13.7. The maximum absolute atomic E-state index is 2.24. The molecule has 0 unspecified atom stereocenters. The van der Waals surface area contributed by atoms with Gasteiger partial charge in [-0.2, -0.15) is 23.8 Å². The molecular formula is C20H19Cl2NZr. The van der Waals surface area contributed by atoms with E-state index >= 15 is 0 Å². The van der Waals surface area contributed by atoms with Crippen molar-refractivity contribution in [3.63, 3.8) is 0 Å². The number of aromatic nitrogens is 1. The summed E-state index contributed by atoms with van der Waals surface area (Å²) in [5.74, 6) is 0. The van der Waals surface area contributed by atoms with E-state index in [1.807, 2.05) is 12.1 Å². The van der Waals surface area contributed by atoms with Crippen LogP contribution in [0.25, 0.3) is 16.5 Å². The molecule has 4 rings (SSSR count). The molecule has 0 spiro atoms. The fourth-order valence-electron chi connectivity index (χ4n) is 2.56. The Morgan fingerprint density at radius 1 is 0.917 bits per heavy atom. The van der Waals surface area contributed by atoms with E-state index in [4.69, 9.17) is 0 Å². The van der Waals surface area contributed by atoms with Crippen LogP contribution in [0.5, 0.6) is 0 Å². The number of fused-ring (bicyclic) bond motifs is 1. The molecular weight excluding hydrogens is 416 g/mol. The molecule has 1 nitrogen and oxygen atoms in total. The van der Waals surface area contributed by atoms with Gasteiger partial charge in [0.1, 0.15) is 0 Å². The number of benzene rings is 1. The summed E-state index contributed by atoms with van der Waals surface area (Å²) in [5.41, 5.74) is 3.92. The molecule has 0 aliphatic rings. The van der Waals surface area contributed by atoms with Gasteiger partial charge >= 0.3 is 26.2 Å². The van der Waals surface area contributed by atoms with Gasteiger partial charge in [-0.3, -0.25) is 0 Å². The third kappa shape index (κ3) is 5.48. The van der Waals surface area contributed by atoms with E-state index in [1.54, 1.807) is 0 Å². The van der Waals surface area contributed by atoms with Crippen molar-refractivity contribution in [2.75, 3.05) is 0 Å². The number of hydrogen-bond acceptors (Lipinski definition) is 0. The summed E-state index contributed by atoms with van der Waals surface area (Å²) in [4.78, 5) is 0. The molecule has 0 fully saturated rings. The minimum absolute atomic E-state index is 0. The Kier molecular flexibility index (Phi) is 10.2. The van der Waals surface area contributed by atoms with Gasteiger partial charge in [0.15, 0.2) is 0 Å². The van der Waals surface area contributed by atoms with Crippen LogP contribution >= 0.6 is 0 Å². The predicted molar refractivity (Wildman–Crippen MR) is 90.4 cm³/mol. The molecule has 0 bridgehead atoms. The summed E-state index contributed by atoms with van der Waals surface area (Å²) in [7, 11) is 0. The zero-order chi connectivity index (χ0) is 14.7. The van der Waals surface area contributed by atoms with Crippen LogP contribution in [-0.2, 0) is 26.2 Å². The van der Waals surface area contributed by atoms with Crippen LogP contribution in [0.4, 0.5) is 0 Å². The number of aryl methyl sites for hydroxylation is 2. The van der Waals surface area contributed by atoms with Gasteiger partial charge in [-0.05, 0) is 12.1 Å². The summed E-state index contributed by atoms with van der Waals surface area (Å²) < 4.78 is 2.15. The van der Waals surface area contributed by atoms with Crippen LogP contribution in [0, 0.1) is 13.8 Å². The Bertz CT molecular complexity index is 815. The number of halogens is 2. The Hall–Kier alpha value is -1.08. The molecule has 0 aliphatic carbocycles. The third-order valence-electron chi connectivity index (χ3n) is 3.58. The molecule has 0 saturated carbocycles. The van der Waals surface area contributed by atoms with Gasteiger partial charge in [-0.15, -0.1) is 34.5 Å². The van der Waals surface area contributed by atoms with Crippen molar-refractivity contribution in [3.05, 3.63) is 90.3 Å². The predicted octanol–water partition coefficient (Wildman–Crippen LogP) is -0.623. The van der Waals surface area contributed by atoms with E-state index in [0.717, 1.165) is 0 Å². The molecule has 1 heterocycles. The van der Waals surface area contributed by atoms with Gasteiger partial charge in [0.25, 0.3) is 0 Å². The van der Waals surface area contributed by atoms with Gasteiger partial charge in [-0.1, -0.05) is 19.9 Å². The van der Waals surface area contributed by atoms with E-state index in [1.165, 1.54) is 27.6 Å². The van der Waals surface area contributed by atoms with Crippen molar-refractivity contribution in [2.24, 2.45) is 0 Å². The summed E-state index contributed by atoms with van der Waals surface area (Å²) >= 11 is 0. The first-order valence-corrected chi connectivity index (χ1v) is 7.22. The summed E-state index contributed by atoms with van der Waals surface area (Å²) in [5, 5.41) is 2.64. The first-order chi connectivity index (χ1) is 10.2. The van der Waals surface area contributed by atoms with Gasteiger partial charge in [0, 0.05) is 18.1 Å². The van der Waals surface area contributed by atoms with Crippen molar-refractivity contribution >= 4 is 10.8 Å². The van der Waals surface area contributed by atoms with Crippen LogP contribution in [0.1, 0.15) is 11.1 Å². The normalized spacial score (nSPS) is 9.08. The van der Waals surface area contributed by atoms with E-state index < -0.39 is 0 Å². The Balaban J connectivity index is 0.000000511. The Morgan fingerprint density at radius 3 is 2.08 bits per heavy atom. The van der Waals surface area contributed by atoms with E-state index in [-0.39, 0.29) is 51.0 Å². The fourth-order valence-corrected chi connectivity index (χ4v) is 2.56. The molecule has 3 aromatic carbocycles. The van der Waals surface area contributed by atoms with E-state index in [0.29, 0.717) is 0 Å². The van der Waals surface area contributed by atoms with E-state index in [9.17, 15) is 0 Å². The standard InChI is InChI=1S/C14H12N.C6H7.2ClH.Zr/c1-11-9-12-5-4-6-14(13(12)10-11)15-7-2-3-8-15;1-6-4-2-3-5-6;;;/h2-10H,1H3;2-5H,1H3;2*1H;/q2*-1;;;+4/p-2. The van der Waals surface area contributed by atoms with Crippen LogP contribution in [0.2, 0.25) is 0 Å². The molecule has 122 valence electrons. The van der Waals surface area contributed by atoms with Gasteiger partial charge in [-0.25, -0.2) is 12.1 Å². The summed E-state index contributed by atoms with van der Waals surface area (Å²) in [6.07, 6.45) is 4.16. The SMILES string of the molecule is C[c-]1cccc1.Cc1cc2c(-n3cccc3)cccc2[cH-]1.[Cl-].[Cl-].[Zr+4]. The Labute approximate surface area is 175 Å². The van der Waals surface area contributed by atoms with Crippen LogP contribution in [0.3, 0.4) is 0 Å². The summed E-state index contributed by atoms with van der Waals surface area (Å²) in [6, 6.07) is 23.2.